The van der Waals surface area contributed by atoms with Crippen molar-refractivity contribution in [3.05, 3.63) is 76.4 Å². The lowest BCUT2D eigenvalue weighted by atomic mass is 10.2. The molecule has 7 nitrogen and oxygen atoms in total. The van der Waals surface area contributed by atoms with E-state index in [-0.39, 0.29) is 17.1 Å². The van der Waals surface area contributed by atoms with E-state index < -0.39 is 16.0 Å². The molecule has 29 heavy (non-hydrogen) atoms. The Hall–Kier alpha value is -2.84. The Morgan fingerprint density at radius 2 is 1.90 bits per heavy atom. The molecule has 0 N–H and O–H groups in total. The number of carbonyl (C=O) groups excluding carboxylic acids is 1. The van der Waals surface area contributed by atoms with Crippen molar-refractivity contribution in [3.8, 4) is 0 Å². The van der Waals surface area contributed by atoms with Gasteiger partial charge in [0, 0.05) is 18.3 Å². The molecule has 2 aromatic carbocycles. The standard InChI is InChI=1S/C20H20ClN3O4S/c1-14-7-9-17(10-8-14)23(2)29(26,27)19-18(20(25)28-3)13-24(22-19)12-15-5-4-6-16(21)11-15/h4-11,13H,12H2,1-3H3. The summed E-state index contributed by atoms with van der Waals surface area (Å²) < 4.78 is 33.6. The lowest BCUT2D eigenvalue weighted by molar-refractivity contribution is 0.0596. The Morgan fingerprint density at radius 1 is 1.21 bits per heavy atom. The summed E-state index contributed by atoms with van der Waals surface area (Å²) in [5.41, 5.74) is 2.14. The molecule has 0 unspecified atom stereocenters. The molecule has 152 valence electrons. The van der Waals surface area contributed by atoms with Gasteiger partial charge in [0.2, 0.25) is 5.03 Å². The van der Waals surface area contributed by atoms with E-state index in [2.05, 4.69) is 5.10 Å². The lowest BCUT2D eigenvalue weighted by Gasteiger charge is -2.18. The van der Waals surface area contributed by atoms with Crippen molar-refractivity contribution in [2.75, 3.05) is 18.5 Å². The van der Waals surface area contributed by atoms with E-state index in [1.807, 2.05) is 13.0 Å². The highest BCUT2D eigenvalue weighted by molar-refractivity contribution is 7.92. The molecule has 3 aromatic rings. The fourth-order valence-corrected chi connectivity index (χ4v) is 4.26. The van der Waals surface area contributed by atoms with Crippen molar-refractivity contribution in [1.29, 1.82) is 0 Å². The first kappa shape index (κ1) is 20.9. The molecule has 0 atom stereocenters. The van der Waals surface area contributed by atoms with Crippen LogP contribution in [0.2, 0.25) is 5.02 Å². The highest BCUT2D eigenvalue weighted by Crippen LogP contribution is 2.25. The van der Waals surface area contributed by atoms with Crippen LogP contribution in [0, 0.1) is 6.92 Å². The normalized spacial score (nSPS) is 11.3. The van der Waals surface area contributed by atoms with Crippen LogP contribution in [0.1, 0.15) is 21.5 Å². The highest BCUT2D eigenvalue weighted by Gasteiger charge is 2.31. The molecule has 9 heteroatoms. The molecule has 0 bridgehead atoms. The van der Waals surface area contributed by atoms with Crippen LogP contribution in [-0.2, 0) is 21.3 Å². The number of ether oxygens (including phenoxy) is 1. The van der Waals surface area contributed by atoms with Gasteiger partial charge in [-0.05, 0) is 36.8 Å². The predicted octanol–water partition coefficient (Wildman–Crippen LogP) is 3.50. The summed E-state index contributed by atoms with van der Waals surface area (Å²) in [6.45, 7) is 2.15. The second-order valence-electron chi connectivity index (χ2n) is 6.48. The summed E-state index contributed by atoms with van der Waals surface area (Å²) in [4.78, 5) is 12.2. The number of benzene rings is 2. The van der Waals surface area contributed by atoms with E-state index in [0.29, 0.717) is 10.7 Å². The average molecular weight is 434 g/mol. The van der Waals surface area contributed by atoms with E-state index in [0.717, 1.165) is 15.4 Å². The molecule has 1 heterocycles. The Kier molecular flexibility index (Phi) is 5.95. The summed E-state index contributed by atoms with van der Waals surface area (Å²) in [6.07, 6.45) is 1.36. The number of carbonyl (C=O) groups is 1. The summed E-state index contributed by atoms with van der Waals surface area (Å²) in [7, 11) is -1.49. The summed E-state index contributed by atoms with van der Waals surface area (Å²) in [5, 5.41) is 4.37. The first-order valence-electron chi connectivity index (χ1n) is 8.68. The minimum atomic E-state index is -4.10. The average Bonchev–Trinajstić information content (AvgIpc) is 3.12. The maximum Gasteiger partial charge on any atom is 0.342 e. The van der Waals surface area contributed by atoms with Crippen LogP contribution in [0.5, 0.6) is 0 Å². The van der Waals surface area contributed by atoms with Gasteiger partial charge < -0.3 is 4.74 Å². The van der Waals surface area contributed by atoms with Crippen molar-refractivity contribution in [2.24, 2.45) is 0 Å². The highest BCUT2D eigenvalue weighted by atomic mass is 35.5. The molecule has 0 amide bonds. The lowest BCUT2D eigenvalue weighted by Crippen LogP contribution is -2.28. The Balaban J connectivity index is 2.03. The van der Waals surface area contributed by atoms with Crippen molar-refractivity contribution < 1.29 is 17.9 Å². The second-order valence-corrected chi connectivity index (χ2v) is 8.80. The molecule has 0 aliphatic carbocycles. The molecule has 0 aliphatic heterocycles. The number of hydrogen-bond donors (Lipinski definition) is 0. The second kappa shape index (κ2) is 8.26. The minimum Gasteiger partial charge on any atom is -0.465 e. The summed E-state index contributed by atoms with van der Waals surface area (Å²) in [6, 6.07) is 14.1. The zero-order valence-corrected chi connectivity index (χ0v) is 17.7. The van der Waals surface area contributed by atoms with Crippen LogP contribution in [0.4, 0.5) is 5.69 Å². The fraction of sp³-hybridized carbons (Fsp3) is 0.200. The van der Waals surface area contributed by atoms with Gasteiger partial charge in [0.1, 0.15) is 5.56 Å². The van der Waals surface area contributed by atoms with Crippen molar-refractivity contribution >= 4 is 33.3 Å². The molecule has 0 radical (unpaired) electrons. The quantitative estimate of drug-likeness (QED) is 0.555. The predicted molar refractivity (Wildman–Crippen MR) is 111 cm³/mol. The van der Waals surface area contributed by atoms with Gasteiger partial charge in [-0.1, -0.05) is 41.4 Å². The minimum absolute atomic E-state index is 0.131. The van der Waals surface area contributed by atoms with Gasteiger partial charge in [0.15, 0.2) is 0 Å². The number of rotatable bonds is 6. The number of methoxy groups -OCH3 is 1. The van der Waals surface area contributed by atoms with Crippen molar-refractivity contribution in [3.63, 3.8) is 0 Å². The molecular formula is C20H20ClN3O4S. The number of anilines is 1. The fourth-order valence-electron chi connectivity index (χ4n) is 2.77. The van der Waals surface area contributed by atoms with Crippen LogP contribution in [0.25, 0.3) is 0 Å². The van der Waals surface area contributed by atoms with Gasteiger partial charge >= 0.3 is 5.97 Å². The topological polar surface area (TPSA) is 81.5 Å². The molecule has 3 rings (SSSR count). The zero-order chi connectivity index (χ0) is 21.2. The molecule has 0 fully saturated rings. The third-order valence-electron chi connectivity index (χ3n) is 4.37. The van der Waals surface area contributed by atoms with E-state index in [1.165, 1.54) is 25.0 Å². The van der Waals surface area contributed by atoms with Crippen LogP contribution in [0.3, 0.4) is 0 Å². The molecule has 1 aromatic heterocycles. The van der Waals surface area contributed by atoms with E-state index in [4.69, 9.17) is 16.3 Å². The van der Waals surface area contributed by atoms with Crippen LogP contribution in [-0.4, -0.2) is 38.3 Å². The molecule has 0 aliphatic rings. The first-order chi connectivity index (χ1) is 13.7. The Morgan fingerprint density at radius 3 is 2.52 bits per heavy atom. The maximum atomic E-state index is 13.2. The van der Waals surface area contributed by atoms with Gasteiger partial charge in [-0.25, -0.2) is 4.79 Å². The largest absolute Gasteiger partial charge is 0.465 e. The van der Waals surface area contributed by atoms with E-state index in [1.54, 1.807) is 42.5 Å². The summed E-state index contributed by atoms with van der Waals surface area (Å²) in [5.74, 6) is -0.779. The van der Waals surface area contributed by atoms with Gasteiger partial charge in [-0.2, -0.15) is 13.5 Å². The molecular weight excluding hydrogens is 414 g/mol. The Bertz CT molecular complexity index is 1140. The van der Waals surface area contributed by atoms with Gasteiger partial charge in [0.05, 0.1) is 19.3 Å². The van der Waals surface area contributed by atoms with Crippen molar-refractivity contribution in [1.82, 2.24) is 9.78 Å². The number of aryl methyl sites for hydroxylation is 1. The molecule has 0 saturated carbocycles. The smallest absolute Gasteiger partial charge is 0.342 e. The van der Waals surface area contributed by atoms with Crippen LogP contribution < -0.4 is 4.31 Å². The maximum absolute atomic E-state index is 13.2. The third kappa shape index (κ3) is 4.44. The number of hydrogen-bond acceptors (Lipinski definition) is 5. The number of halogens is 1. The summed E-state index contributed by atoms with van der Waals surface area (Å²) >= 11 is 6.01. The SMILES string of the molecule is COC(=O)c1cn(Cc2cccc(Cl)c2)nc1S(=O)(=O)N(C)c1ccc(C)cc1. The molecule has 0 saturated heterocycles. The van der Waals surface area contributed by atoms with Crippen LogP contribution in [0.15, 0.2) is 59.8 Å². The number of sulfonamides is 1. The van der Waals surface area contributed by atoms with Crippen LogP contribution >= 0.6 is 11.6 Å². The third-order valence-corrected chi connectivity index (χ3v) is 6.33. The number of aromatic nitrogens is 2. The molecule has 0 spiro atoms. The van der Waals surface area contributed by atoms with Gasteiger partial charge in [0.25, 0.3) is 10.0 Å². The number of esters is 1. The van der Waals surface area contributed by atoms with E-state index >= 15 is 0 Å². The van der Waals surface area contributed by atoms with Gasteiger partial charge in [-0.3, -0.25) is 8.99 Å². The van der Waals surface area contributed by atoms with Crippen molar-refractivity contribution in [2.45, 2.75) is 18.5 Å². The first-order valence-corrected chi connectivity index (χ1v) is 10.5. The monoisotopic (exact) mass is 433 g/mol. The Labute approximate surface area is 174 Å². The number of nitrogens with zero attached hydrogens (tertiary/aromatic N) is 3. The van der Waals surface area contributed by atoms with E-state index in [9.17, 15) is 13.2 Å². The zero-order valence-electron chi connectivity index (χ0n) is 16.2. The van der Waals surface area contributed by atoms with Gasteiger partial charge in [-0.15, -0.1) is 0 Å².